The van der Waals surface area contributed by atoms with Crippen LogP contribution in [0.25, 0.3) is 16.7 Å². The van der Waals surface area contributed by atoms with Crippen LogP contribution in [0.3, 0.4) is 0 Å². The van der Waals surface area contributed by atoms with Crippen LogP contribution >= 0.6 is 0 Å². The summed E-state index contributed by atoms with van der Waals surface area (Å²) in [7, 11) is 0. The smallest absolute Gasteiger partial charge is 0.270 e. The van der Waals surface area contributed by atoms with Crippen molar-refractivity contribution in [2.24, 2.45) is 0 Å². The number of benzene rings is 1. The molecule has 126 valence electrons. The van der Waals surface area contributed by atoms with Crippen molar-refractivity contribution >= 4 is 11.0 Å². The lowest BCUT2D eigenvalue weighted by molar-refractivity contribution is 0.515. The molecule has 0 aliphatic heterocycles. The van der Waals surface area contributed by atoms with Crippen molar-refractivity contribution < 1.29 is 0 Å². The van der Waals surface area contributed by atoms with Crippen LogP contribution in [0.2, 0.25) is 0 Å². The van der Waals surface area contributed by atoms with E-state index in [0.29, 0.717) is 11.0 Å². The molecule has 25 heavy (non-hydrogen) atoms. The fraction of sp³-hybridized carbons (Fsp3) is 0.235. The maximum Gasteiger partial charge on any atom is 0.281 e. The highest BCUT2D eigenvalue weighted by molar-refractivity contribution is 5.74. The highest BCUT2D eigenvalue weighted by Gasteiger charge is 2.13. The minimum atomic E-state index is -0.230. The predicted octanol–water partition coefficient (Wildman–Crippen LogP) is 1.80. The van der Waals surface area contributed by atoms with Gasteiger partial charge in [0.2, 0.25) is 0 Å². The molecule has 0 amide bonds. The van der Waals surface area contributed by atoms with Crippen molar-refractivity contribution in [2.75, 3.05) is 0 Å². The van der Waals surface area contributed by atoms with E-state index in [0.717, 1.165) is 11.4 Å². The Bertz CT molecular complexity index is 1080. The lowest BCUT2D eigenvalue weighted by Crippen LogP contribution is -2.25. The summed E-state index contributed by atoms with van der Waals surface area (Å²) in [6, 6.07) is 11.7. The number of fused-ring (bicyclic) bond motifs is 1. The molecular weight excluding hydrogens is 318 g/mol. The monoisotopic (exact) mass is 335 g/mol. The summed E-state index contributed by atoms with van der Waals surface area (Å²) in [5.41, 5.74) is 1.81. The van der Waals surface area contributed by atoms with Gasteiger partial charge in [0.05, 0.1) is 24.1 Å². The van der Waals surface area contributed by atoms with Crippen LogP contribution < -0.4 is 5.56 Å². The lowest BCUT2D eigenvalue weighted by Gasteiger charge is -2.05. The van der Waals surface area contributed by atoms with Crippen LogP contribution in [0.4, 0.5) is 0 Å². The molecule has 3 aromatic heterocycles. The van der Waals surface area contributed by atoms with Crippen LogP contribution in [-0.4, -0.2) is 34.6 Å². The number of aromatic nitrogens is 7. The van der Waals surface area contributed by atoms with E-state index < -0.39 is 0 Å². The van der Waals surface area contributed by atoms with Gasteiger partial charge < -0.3 is 0 Å². The summed E-state index contributed by atoms with van der Waals surface area (Å²) >= 11 is 0. The van der Waals surface area contributed by atoms with Gasteiger partial charge in [-0.25, -0.2) is 9.36 Å². The molecule has 8 heteroatoms. The second-order valence-corrected chi connectivity index (χ2v) is 6.06. The van der Waals surface area contributed by atoms with E-state index in [1.807, 2.05) is 61.1 Å². The molecular formula is C17H17N7O. The largest absolute Gasteiger partial charge is 0.281 e. The van der Waals surface area contributed by atoms with Gasteiger partial charge in [-0.3, -0.25) is 9.48 Å². The lowest BCUT2D eigenvalue weighted by atomic mass is 10.3. The summed E-state index contributed by atoms with van der Waals surface area (Å²) in [5, 5.41) is 17.4. The quantitative estimate of drug-likeness (QED) is 0.568. The number of hydrogen-bond donors (Lipinski definition) is 0. The molecule has 4 rings (SSSR count). The first kappa shape index (κ1) is 15.3. The van der Waals surface area contributed by atoms with E-state index >= 15 is 0 Å². The zero-order valence-electron chi connectivity index (χ0n) is 13.9. The molecule has 0 bridgehead atoms. The highest BCUT2D eigenvalue weighted by atomic mass is 16.1. The zero-order chi connectivity index (χ0) is 17.4. The Morgan fingerprint density at radius 1 is 1.12 bits per heavy atom. The third-order valence-corrected chi connectivity index (χ3v) is 3.96. The topological polar surface area (TPSA) is 83.4 Å². The molecule has 0 saturated heterocycles. The van der Waals surface area contributed by atoms with Gasteiger partial charge in [0.1, 0.15) is 5.39 Å². The zero-order valence-corrected chi connectivity index (χ0v) is 13.9. The highest BCUT2D eigenvalue weighted by Crippen LogP contribution is 2.12. The fourth-order valence-electron chi connectivity index (χ4n) is 2.63. The second-order valence-electron chi connectivity index (χ2n) is 6.06. The molecule has 4 aromatic rings. The van der Waals surface area contributed by atoms with Crippen molar-refractivity contribution in [3.63, 3.8) is 0 Å². The van der Waals surface area contributed by atoms with Gasteiger partial charge >= 0.3 is 0 Å². The van der Waals surface area contributed by atoms with Crippen molar-refractivity contribution in [2.45, 2.75) is 26.4 Å². The predicted molar refractivity (Wildman–Crippen MR) is 92.6 cm³/mol. The van der Waals surface area contributed by atoms with E-state index in [-0.39, 0.29) is 18.1 Å². The summed E-state index contributed by atoms with van der Waals surface area (Å²) in [4.78, 5) is 12.7. The van der Waals surface area contributed by atoms with Gasteiger partial charge in [-0.1, -0.05) is 23.4 Å². The molecule has 0 atom stereocenters. The SMILES string of the molecule is CC(C)n1ccc(Cn2nnc3c(cnn3-c3ccccc3)c2=O)n1. The maximum atomic E-state index is 12.7. The fourth-order valence-corrected chi connectivity index (χ4v) is 2.63. The number of nitrogens with zero attached hydrogens (tertiary/aromatic N) is 7. The van der Waals surface area contributed by atoms with Gasteiger partial charge in [0.15, 0.2) is 5.65 Å². The molecule has 0 unspecified atom stereocenters. The molecule has 1 aromatic carbocycles. The number of hydrogen-bond acceptors (Lipinski definition) is 5. The minimum absolute atomic E-state index is 0.230. The molecule has 0 spiro atoms. The van der Waals surface area contributed by atoms with Crippen LogP contribution in [0.1, 0.15) is 25.6 Å². The maximum absolute atomic E-state index is 12.7. The van der Waals surface area contributed by atoms with Crippen molar-refractivity contribution in [1.82, 2.24) is 34.6 Å². The molecule has 0 N–H and O–H groups in total. The van der Waals surface area contributed by atoms with Crippen molar-refractivity contribution in [3.05, 3.63) is 64.8 Å². The normalized spacial score (nSPS) is 11.5. The van der Waals surface area contributed by atoms with Gasteiger partial charge in [-0.2, -0.15) is 10.2 Å². The Labute approximate surface area is 143 Å². The second kappa shape index (κ2) is 5.97. The molecule has 3 heterocycles. The average molecular weight is 335 g/mol. The van der Waals surface area contributed by atoms with Crippen molar-refractivity contribution in [3.8, 4) is 5.69 Å². The summed E-state index contributed by atoms with van der Waals surface area (Å²) in [6.07, 6.45) is 3.42. The Morgan fingerprint density at radius 3 is 2.64 bits per heavy atom. The molecule has 0 aliphatic rings. The van der Waals surface area contributed by atoms with E-state index in [9.17, 15) is 4.79 Å². The first-order chi connectivity index (χ1) is 12.1. The van der Waals surface area contributed by atoms with Crippen LogP contribution in [-0.2, 0) is 6.54 Å². The average Bonchev–Trinajstić information content (AvgIpc) is 3.25. The first-order valence-electron chi connectivity index (χ1n) is 8.04. The van der Waals surface area contributed by atoms with E-state index in [4.69, 9.17) is 0 Å². The number of para-hydroxylation sites is 1. The van der Waals surface area contributed by atoms with Gasteiger partial charge in [-0.05, 0) is 32.0 Å². The molecule has 0 radical (unpaired) electrons. The van der Waals surface area contributed by atoms with Gasteiger partial charge in [0, 0.05) is 12.2 Å². The van der Waals surface area contributed by atoms with Gasteiger partial charge in [0.25, 0.3) is 5.56 Å². The van der Waals surface area contributed by atoms with E-state index in [2.05, 4.69) is 20.5 Å². The summed E-state index contributed by atoms with van der Waals surface area (Å²) in [6.45, 7) is 4.37. The minimum Gasteiger partial charge on any atom is -0.270 e. The molecule has 0 saturated carbocycles. The van der Waals surface area contributed by atoms with Gasteiger partial charge in [-0.15, -0.1) is 5.10 Å². The van der Waals surface area contributed by atoms with Crippen LogP contribution in [0.15, 0.2) is 53.6 Å². The van der Waals surface area contributed by atoms with Crippen LogP contribution in [0.5, 0.6) is 0 Å². The van der Waals surface area contributed by atoms with Crippen LogP contribution in [0, 0.1) is 0 Å². The summed E-state index contributed by atoms with van der Waals surface area (Å²) in [5.74, 6) is 0. The Hall–Kier alpha value is -3.29. The third-order valence-electron chi connectivity index (χ3n) is 3.96. The van der Waals surface area contributed by atoms with E-state index in [1.54, 1.807) is 4.68 Å². The molecule has 0 aliphatic carbocycles. The molecule has 0 fully saturated rings. The Morgan fingerprint density at radius 2 is 1.92 bits per heavy atom. The number of rotatable bonds is 4. The third kappa shape index (κ3) is 2.71. The molecule has 8 nitrogen and oxygen atoms in total. The van der Waals surface area contributed by atoms with Crippen molar-refractivity contribution in [1.29, 1.82) is 0 Å². The summed E-state index contributed by atoms with van der Waals surface area (Å²) < 4.78 is 4.77. The van der Waals surface area contributed by atoms with E-state index in [1.165, 1.54) is 10.9 Å². The Kier molecular flexibility index (Phi) is 3.64. The first-order valence-corrected chi connectivity index (χ1v) is 8.04. The standard InChI is InChI=1S/C17H17N7O/c1-12(2)22-9-8-13(20-22)11-23-17(25)15-10-18-24(16(15)19-21-23)14-6-4-3-5-7-14/h3-10,12H,11H2,1-2H3. The Balaban J connectivity index is 1.72.